The van der Waals surface area contributed by atoms with Gasteiger partial charge in [-0.25, -0.2) is 4.98 Å². The van der Waals surface area contributed by atoms with Crippen molar-refractivity contribution < 1.29 is 9.53 Å². The first-order chi connectivity index (χ1) is 14.6. The van der Waals surface area contributed by atoms with Gasteiger partial charge >= 0.3 is 0 Å². The summed E-state index contributed by atoms with van der Waals surface area (Å²) in [6, 6.07) is 14.6. The van der Waals surface area contributed by atoms with E-state index in [1.807, 2.05) is 13.0 Å². The maximum absolute atomic E-state index is 11.4. The van der Waals surface area contributed by atoms with Crippen LogP contribution in [0.5, 0.6) is 5.75 Å². The van der Waals surface area contributed by atoms with Crippen molar-refractivity contribution >= 4 is 16.9 Å². The van der Waals surface area contributed by atoms with Gasteiger partial charge in [0.05, 0.1) is 17.6 Å². The molecule has 0 radical (unpaired) electrons. The van der Waals surface area contributed by atoms with Crippen LogP contribution in [0, 0.1) is 13.8 Å². The Morgan fingerprint density at radius 1 is 1.03 bits per heavy atom. The molecule has 30 heavy (non-hydrogen) atoms. The standard InChI is InChI=1S/C25H33N3O2/c1-4-24(29)26-16-10-15-23-27-21-13-5-6-14-22(21)28(23)17-7-8-18-30-25-19(2)11-9-12-20(25)3/h5-6,9,11-14H,4,7-8,10,15-18H2,1-3H3,(H,26,29). The Morgan fingerprint density at radius 2 is 1.80 bits per heavy atom. The van der Waals surface area contributed by atoms with Crippen LogP contribution in [0.15, 0.2) is 42.5 Å². The molecule has 0 unspecified atom stereocenters. The number of imidazole rings is 1. The first-order valence-corrected chi connectivity index (χ1v) is 11.0. The van der Waals surface area contributed by atoms with Crippen molar-refractivity contribution in [3.05, 3.63) is 59.4 Å². The van der Waals surface area contributed by atoms with Gasteiger partial charge in [-0.05, 0) is 56.4 Å². The first kappa shape index (κ1) is 21.9. The van der Waals surface area contributed by atoms with Crippen molar-refractivity contribution in [2.45, 2.75) is 59.4 Å². The third kappa shape index (κ3) is 5.62. The van der Waals surface area contributed by atoms with Gasteiger partial charge in [-0.3, -0.25) is 4.79 Å². The van der Waals surface area contributed by atoms with Gasteiger partial charge in [-0.15, -0.1) is 0 Å². The summed E-state index contributed by atoms with van der Waals surface area (Å²) in [5.74, 6) is 2.21. The summed E-state index contributed by atoms with van der Waals surface area (Å²) in [5, 5.41) is 2.95. The zero-order valence-electron chi connectivity index (χ0n) is 18.4. The molecule has 0 bridgehead atoms. The second-order valence-corrected chi connectivity index (χ2v) is 7.75. The average Bonchev–Trinajstić information content (AvgIpc) is 3.10. The minimum atomic E-state index is 0.104. The van der Waals surface area contributed by atoms with E-state index in [4.69, 9.17) is 9.72 Å². The number of ether oxygens (including phenoxy) is 1. The van der Waals surface area contributed by atoms with Crippen LogP contribution in [0.4, 0.5) is 0 Å². The number of aryl methyl sites for hydroxylation is 4. The molecule has 5 heteroatoms. The Balaban J connectivity index is 1.55. The minimum Gasteiger partial charge on any atom is -0.493 e. The third-order valence-electron chi connectivity index (χ3n) is 5.39. The van der Waals surface area contributed by atoms with E-state index in [-0.39, 0.29) is 5.91 Å². The highest BCUT2D eigenvalue weighted by Gasteiger charge is 2.10. The van der Waals surface area contributed by atoms with E-state index in [2.05, 4.69) is 60.1 Å². The summed E-state index contributed by atoms with van der Waals surface area (Å²) in [4.78, 5) is 16.3. The van der Waals surface area contributed by atoms with Crippen LogP contribution in [0.1, 0.15) is 49.6 Å². The van der Waals surface area contributed by atoms with Crippen molar-refractivity contribution in [1.29, 1.82) is 0 Å². The zero-order chi connectivity index (χ0) is 21.3. The smallest absolute Gasteiger partial charge is 0.219 e. The van der Waals surface area contributed by atoms with Gasteiger partial charge in [0.25, 0.3) is 0 Å². The second kappa shape index (κ2) is 10.8. The Kier molecular flexibility index (Phi) is 7.89. The molecule has 0 saturated carbocycles. The first-order valence-electron chi connectivity index (χ1n) is 11.0. The fourth-order valence-electron chi connectivity index (χ4n) is 3.74. The van der Waals surface area contributed by atoms with E-state index in [1.54, 1.807) is 0 Å². The lowest BCUT2D eigenvalue weighted by Gasteiger charge is -2.13. The summed E-state index contributed by atoms with van der Waals surface area (Å²) >= 11 is 0. The van der Waals surface area contributed by atoms with Gasteiger partial charge in [0, 0.05) is 25.9 Å². The lowest BCUT2D eigenvalue weighted by molar-refractivity contribution is -0.120. The topological polar surface area (TPSA) is 56.2 Å². The quantitative estimate of drug-likeness (QED) is 0.457. The maximum Gasteiger partial charge on any atom is 0.219 e. The second-order valence-electron chi connectivity index (χ2n) is 7.75. The molecule has 1 N–H and O–H groups in total. The van der Waals surface area contributed by atoms with Crippen LogP contribution in [0.3, 0.4) is 0 Å². The summed E-state index contributed by atoms with van der Waals surface area (Å²) in [6.07, 6.45) is 4.31. The molecule has 3 rings (SSSR count). The highest BCUT2D eigenvalue weighted by Crippen LogP contribution is 2.23. The zero-order valence-corrected chi connectivity index (χ0v) is 18.4. The van der Waals surface area contributed by atoms with E-state index in [9.17, 15) is 4.79 Å². The van der Waals surface area contributed by atoms with Crippen molar-refractivity contribution in [1.82, 2.24) is 14.9 Å². The highest BCUT2D eigenvalue weighted by atomic mass is 16.5. The number of hydrogen-bond acceptors (Lipinski definition) is 3. The molecule has 0 fully saturated rings. The number of para-hydroxylation sites is 3. The van der Waals surface area contributed by atoms with Gasteiger partial charge < -0.3 is 14.6 Å². The summed E-state index contributed by atoms with van der Waals surface area (Å²) < 4.78 is 8.38. The number of unbranched alkanes of at least 4 members (excludes halogenated alkanes) is 1. The molecular weight excluding hydrogens is 374 g/mol. The number of carbonyl (C=O) groups excluding carboxylic acids is 1. The number of benzene rings is 2. The molecule has 160 valence electrons. The largest absolute Gasteiger partial charge is 0.493 e. The van der Waals surface area contributed by atoms with E-state index in [0.29, 0.717) is 13.0 Å². The van der Waals surface area contributed by atoms with Crippen molar-refractivity contribution in [3.63, 3.8) is 0 Å². The van der Waals surface area contributed by atoms with E-state index in [0.717, 1.165) is 55.9 Å². The number of carbonyl (C=O) groups is 1. The fourth-order valence-corrected chi connectivity index (χ4v) is 3.74. The minimum absolute atomic E-state index is 0.104. The monoisotopic (exact) mass is 407 g/mol. The Morgan fingerprint density at radius 3 is 2.57 bits per heavy atom. The molecule has 0 spiro atoms. The fraction of sp³-hybridized carbons (Fsp3) is 0.440. The summed E-state index contributed by atoms with van der Waals surface area (Å²) in [6.45, 7) is 8.40. The Hall–Kier alpha value is -2.82. The SMILES string of the molecule is CCC(=O)NCCCc1nc2ccccc2n1CCCCOc1c(C)cccc1C. The van der Waals surface area contributed by atoms with Crippen molar-refractivity contribution in [3.8, 4) is 5.75 Å². The van der Waals surface area contributed by atoms with E-state index in [1.165, 1.54) is 16.6 Å². The lowest BCUT2D eigenvalue weighted by Crippen LogP contribution is -2.23. The molecule has 2 aromatic carbocycles. The van der Waals surface area contributed by atoms with Crippen molar-refractivity contribution in [2.24, 2.45) is 0 Å². The number of aromatic nitrogens is 2. The molecule has 0 atom stereocenters. The van der Waals surface area contributed by atoms with E-state index >= 15 is 0 Å². The number of fused-ring (bicyclic) bond motifs is 1. The lowest BCUT2D eigenvalue weighted by atomic mass is 10.1. The van der Waals surface area contributed by atoms with Crippen LogP contribution in [-0.2, 0) is 17.8 Å². The molecule has 0 aliphatic rings. The van der Waals surface area contributed by atoms with Gasteiger partial charge in [0.2, 0.25) is 5.91 Å². The van der Waals surface area contributed by atoms with Crippen LogP contribution >= 0.6 is 0 Å². The van der Waals surface area contributed by atoms with Crippen LogP contribution < -0.4 is 10.1 Å². The molecular formula is C25H33N3O2. The predicted octanol–water partition coefficient (Wildman–Crippen LogP) is 4.97. The number of nitrogens with one attached hydrogen (secondary N) is 1. The highest BCUT2D eigenvalue weighted by molar-refractivity contribution is 5.76. The molecule has 5 nitrogen and oxygen atoms in total. The molecule has 0 aliphatic heterocycles. The third-order valence-corrected chi connectivity index (χ3v) is 5.39. The van der Waals surface area contributed by atoms with Gasteiger partial charge in [-0.2, -0.15) is 0 Å². The molecule has 1 heterocycles. The molecule has 3 aromatic rings. The number of hydrogen-bond donors (Lipinski definition) is 1. The maximum atomic E-state index is 11.4. The van der Waals surface area contributed by atoms with Crippen molar-refractivity contribution in [2.75, 3.05) is 13.2 Å². The molecule has 0 aliphatic carbocycles. The molecule has 1 aromatic heterocycles. The number of rotatable bonds is 11. The van der Waals surface area contributed by atoms with Crippen LogP contribution in [0.25, 0.3) is 11.0 Å². The molecule has 1 amide bonds. The van der Waals surface area contributed by atoms with Crippen LogP contribution in [-0.4, -0.2) is 28.6 Å². The van der Waals surface area contributed by atoms with Gasteiger partial charge in [0.1, 0.15) is 11.6 Å². The number of nitrogens with zero attached hydrogens (tertiary/aromatic N) is 2. The number of amides is 1. The average molecular weight is 408 g/mol. The predicted molar refractivity (Wildman–Crippen MR) is 122 cm³/mol. The van der Waals surface area contributed by atoms with Crippen LogP contribution in [0.2, 0.25) is 0 Å². The normalized spacial score (nSPS) is 11.0. The molecule has 0 saturated heterocycles. The Bertz CT molecular complexity index is 957. The van der Waals surface area contributed by atoms with Gasteiger partial charge in [-0.1, -0.05) is 37.3 Å². The summed E-state index contributed by atoms with van der Waals surface area (Å²) in [5.41, 5.74) is 4.60. The Labute approximate surface area is 179 Å². The van der Waals surface area contributed by atoms with E-state index < -0.39 is 0 Å². The van der Waals surface area contributed by atoms with Gasteiger partial charge in [0.15, 0.2) is 0 Å². The summed E-state index contributed by atoms with van der Waals surface area (Å²) in [7, 11) is 0.